The number of pyridine rings is 1. The Morgan fingerprint density at radius 1 is 1.67 bits per heavy atom. The number of ether oxygens (including phenoxy) is 1. The number of aromatic nitrogens is 1. The molecule has 78 valence electrons. The van der Waals surface area contributed by atoms with Crippen LogP contribution < -0.4 is 4.74 Å². The predicted octanol–water partition coefficient (Wildman–Crippen LogP) is 1.57. The molecule has 4 nitrogen and oxygen atoms in total. The third-order valence-electron chi connectivity index (χ3n) is 1.73. The van der Waals surface area contributed by atoms with Crippen LogP contribution in [0.2, 0.25) is 0 Å². The molecule has 0 aliphatic heterocycles. The van der Waals surface area contributed by atoms with E-state index in [1.807, 2.05) is 0 Å². The van der Waals surface area contributed by atoms with Crippen molar-refractivity contribution in [2.45, 2.75) is 19.4 Å². The lowest BCUT2D eigenvalue weighted by Gasteiger charge is -2.20. The van der Waals surface area contributed by atoms with Crippen LogP contribution in [0.4, 0.5) is 0 Å². The average molecular weight is 205 g/mol. The van der Waals surface area contributed by atoms with Crippen LogP contribution in [0.25, 0.3) is 0 Å². The highest BCUT2D eigenvalue weighted by atomic mass is 16.5. The van der Waals surface area contributed by atoms with Crippen LogP contribution in [0, 0.1) is 12.3 Å². The molecule has 0 aliphatic carbocycles. The van der Waals surface area contributed by atoms with Crippen molar-refractivity contribution >= 4 is 5.97 Å². The van der Waals surface area contributed by atoms with Crippen molar-refractivity contribution in [1.82, 2.24) is 4.98 Å². The maximum Gasteiger partial charge on any atom is 0.339 e. The maximum absolute atomic E-state index is 10.8. The molecule has 4 heteroatoms. The van der Waals surface area contributed by atoms with Crippen LogP contribution in [-0.2, 0) is 0 Å². The Morgan fingerprint density at radius 3 is 2.87 bits per heavy atom. The van der Waals surface area contributed by atoms with Crippen LogP contribution in [0.3, 0.4) is 0 Å². The topological polar surface area (TPSA) is 59.4 Å². The van der Waals surface area contributed by atoms with Crippen molar-refractivity contribution in [3.05, 3.63) is 24.0 Å². The summed E-state index contributed by atoms with van der Waals surface area (Å²) in [4.78, 5) is 14.6. The molecule has 1 aromatic heterocycles. The van der Waals surface area contributed by atoms with E-state index in [9.17, 15) is 4.79 Å². The number of hydrogen-bond acceptors (Lipinski definition) is 3. The number of carboxylic acids is 1. The van der Waals surface area contributed by atoms with Gasteiger partial charge in [-0.1, -0.05) is 5.92 Å². The standard InChI is InChI=1S/C11H11NO3/c1-4-11(2,3)15-9-7-12-6-5-8(9)10(13)14/h1,5-7H,2-3H3,(H,13,14). The van der Waals surface area contributed by atoms with Gasteiger partial charge in [0.25, 0.3) is 0 Å². The highest BCUT2D eigenvalue weighted by molar-refractivity contribution is 5.90. The molecule has 0 unspecified atom stereocenters. The molecule has 1 heterocycles. The number of aromatic carboxylic acids is 1. The fourth-order valence-electron chi connectivity index (χ4n) is 0.942. The van der Waals surface area contributed by atoms with E-state index in [2.05, 4.69) is 10.9 Å². The number of hydrogen-bond donors (Lipinski definition) is 1. The Hall–Kier alpha value is -2.02. The van der Waals surface area contributed by atoms with Gasteiger partial charge in [0, 0.05) is 6.20 Å². The van der Waals surface area contributed by atoms with Crippen molar-refractivity contribution in [3.8, 4) is 18.1 Å². The summed E-state index contributed by atoms with van der Waals surface area (Å²) in [5.41, 5.74) is -0.805. The second kappa shape index (κ2) is 4.01. The second-order valence-electron chi connectivity index (χ2n) is 3.43. The van der Waals surface area contributed by atoms with Crippen molar-refractivity contribution in [2.24, 2.45) is 0 Å². The van der Waals surface area contributed by atoms with E-state index in [0.717, 1.165) is 0 Å². The monoisotopic (exact) mass is 205 g/mol. The lowest BCUT2D eigenvalue weighted by Crippen LogP contribution is -2.26. The van der Waals surface area contributed by atoms with Gasteiger partial charge in [-0.05, 0) is 19.9 Å². The largest absolute Gasteiger partial charge is 0.478 e. The van der Waals surface area contributed by atoms with Gasteiger partial charge in [-0.15, -0.1) is 6.42 Å². The van der Waals surface area contributed by atoms with Gasteiger partial charge in [0.05, 0.1) is 6.20 Å². The molecule has 0 bridgehead atoms. The first kappa shape index (κ1) is 11.1. The van der Waals surface area contributed by atoms with Crippen molar-refractivity contribution < 1.29 is 14.6 Å². The summed E-state index contributed by atoms with van der Waals surface area (Å²) in [6.45, 7) is 3.34. The van der Waals surface area contributed by atoms with E-state index in [-0.39, 0.29) is 11.3 Å². The minimum absolute atomic E-state index is 0.0494. The molecule has 0 spiro atoms. The fraction of sp³-hybridized carbons (Fsp3) is 0.273. The van der Waals surface area contributed by atoms with Crippen LogP contribution in [0.1, 0.15) is 24.2 Å². The molecular weight excluding hydrogens is 194 g/mol. The normalized spacial score (nSPS) is 10.5. The fourth-order valence-corrected chi connectivity index (χ4v) is 0.942. The van der Waals surface area contributed by atoms with Crippen molar-refractivity contribution in [2.75, 3.05) is 0 Å². The van der Waals surface area contributed by atoms with E-state index in [4.69, 9.17) is 16.3 Å². The molecule has 0 aromatic carbocycles. The van der Waals surface area contributed by atoms with E-state index in [0.29, 0.717) is 0 Å². The first-order valence-electron chi connectivity index (χ1n) is 4.30. The molecule has 0 radical (unpaired) electrons. The zero-order valence-electron chi connectivity index (χ0n) is 8.52. The molecule has 0 atom stereocenters. The number of carboxylic acid groups (broad SMARTS) is 1. The Kier molecular flexibility index (Phi) is 2.96. The lowest BCUT2D eigenvalue weighted by atomic mass is 10.1. The third kappa shape index (κ3) is 2.71. The van der Waals surface area contributed by atoms with Crippen LogP contribution in [0.5, 0.6) is 5.75 Å². The van der Waals surface area contributed by atoms with E-state index >= 15 is 0 Å². The molecular formula is C11H11NO3. The van der Waals surface area contributed by atoms with Crippen LogP contribution in [-0.4, -0.2) is 21.7 Å². The zero-order chi connectivity index (χ0) is 11.5. The summed E-state index contributed by atoms with van der Waals surface area (Å²) in [6, 6.07) is 1.37. The maximum atomic E-state index is 10.8. The SMILES string of the molecule is C#CC(C)(C)Oc1cnccc1C(=O)O. The molecule has 1 N–H and O–H groups in total. The lowest BCUT2D eigenvalue weighted by molar-refractivity contribution is 0.0686. The number of nitrogens with zero attached hydrogens (tertiary/aromatic N) is 1. The molecule has 0 saturated carbocycles. The summed E-state index contributed by atoms with van der Waals surface area (Å²) in [7, 11) is 0. The molecule has 15 heavy (non-hydrogen) atoms. The predicted molar refractivity (Wildman–Crippen MR) is 54.7 cm³/mol. The van der Waals surface area contributed by atoms with E-state index in [1.54, 1.807) is 13.8 Å². The summed E-state index contributed by atoms with van der Waals surface area (Å²) in [5, 5.41) is 8.88. The Morgan fingerprint density at radius 2 is 2.33 bits per heavy atom. The van der Waals surface area contributed by atoms with E-state index in [1.165, 1.54) is 18.5 Å². The molecule has 0 amide bonds. The first-order valence-corrected chi connectivity index (χ1v) is 4.30. The number of terminal acetylenes is 1. The smallest absolute Gasteiger partial charge is 0.339 e. The third-order valence-corrected chi connectivity index (χ3v) is 1.73. The number of carbonyl (C=O) groups is 1. The van der Waals surface area contributed by atoms with Crippen molar-refractivity contribution in [3.63, 3.8) is 0 Å². The van der Waals surface area contributed by atoms with Gasteiger partial charge in [0.1, 0.15) is 5.56 Å². The van der Waals surface area contributed by atoms with Gasteiger partial charge in [0.15, 0.2) is 11.4 Å². The quantitative estimate of drug-likeness (QED) is 0.761. The molecule has 1 rings (SSSR count). The van der Waals surface area contributed by atoms with Gasteiger partial charge in [-0.3, -0.25) is 4.98 Å². The Bertz CT molecular complexity index is 418. The zero-order valence-corrected chi connectivity index (χ0v) is 8.52. The minimum atomic E-state index is -1.07. The van der Waals surface area contributed by atoms with Crippen LogP contribution >= 0.6 is 0 Å². The molecule has 1 aromatic rings. The van der Waals surface area contributed by atoms with Crippen LogP contribution in [0.15, 0.2) is 18.5 Å². The number of rotatable bonds is 3. The minimum Gasteiger partial charge on any atom is -0.478 e. The van der Waals surface area contributed by atoms with Gasteiger partial charge >= 0.3 is 5.97 Å². The van der Waals surface area contributed by atoms with E-state index < -0.39 is 11.6 Å². The first-order chi connectivity index (χ1) is 6.96. The summed E-state index contributed by atoms with van der Waals surface area (Å²) in [6.07, 6.45) is 7.96. The van der Waals surface area contributed by atoms with Gasteiger partial charge in [-0.25, -0.2) is 4.79 Å². The highest BCUT2D eigenvalue weighted by Crippen LogP contribution is 2.21. The summed E-state index contributed by atoms with van der Waals surface area (Å²) < 4.78 is 5.36. The molecule has 0 fully saturated rings. The second-order valence-corrected chi connectivity index (χ2v) is 3.43. The molecule has 0 saturated heterocycles. The van der Waals surface area contributed by atoms with Gasteiger partial charge in [0.2, 0.25) is 0 Å². The molecule has 0 aliphatic rings. The van der Waals surface area contributed by atoms with Crippen molar-refractivity contribution in [1.29, 1.82) is 0 Å². The highest BCUT2D eigenvalue weighted by Gasteiger charge is 2.20. The average Bonchev–Trinajstić information content (AvgIpc) is 2.18. The van der Waals surface area contributed by atoms with Gasteiger partial charge < -0.3 is 9.84 Å². The van der Waals surface area contributed by atoms with Gasteiger partial charge in [-0.2, -0.15) is 0 Å². The summed E-state index contributed by atoms with van der Waals surface area (Å²) >= 11 is 0. The summed E-state index contributed by atoms with van der Waals surface area (Å²) in [5.74, 6) is 1.52. The Balaban J connectivity index is 3.06. The Labute approximate surface area is 87.9 Å².